The van der Waals surface area contributed by atoms with Crippen LogP contribution in [0.15, 0.2) is 45.0 Å². The van der Waals surface area contributed by atoms with Gasteiger partial charge in [0.1, 0.15) is 10.7 Å². The maximum absolute atomic E-state index is 13.2. The van der Waals surface area contributed by atoms with E-state index < -0.39 is 27.6 Å². The molecular weight excluding hydrogens is 398 g/mol. The minimum atomic E-state index is -3.99. The molecule has 1 amide bonds. The number of fused-ring (bicyclic) bond motifs is 2. The quantitative estimate of drug-likeness (QED) is 0.771. The first-order chi connectivity index (χ1) is 13.3. The highest BCUT2D eigenvalue weighted by molar-refractivity contribution is 7.90. The fourth-order valence-corrected chi connectivity index (χ4v) is 5.36. The number of hydrogen-bond donors (Lipinski definition) is 1. The molecule has 0 bridgehead atoms. The first-order valence-electron chi connectivity index (χ1n) is 8.93. The fraction of sp³-hybridized carbons (Fsp3) is 0.316. The fourth-order valence-electron chi connectivity index (χ4n) is 3.34. The van der Waals surface area contributed by atoms with E-state index in [2.05, 4.69) is 23.6 Å². The van der Waals surface area contributed by atoms with Gasteiger partial charge in [-0.2, -0.15) is 8.42 Å². The molecule has 1 unspecified atom stereocenters. The maximum Gasteiger partial charge on any atom is 0.286 e. The van der Waals surface area contributed by atoms with Crippen molar-refractivity contribution in [2.45, 2.75) is 25.2 Å². The molecule has 7 nitrogen and oxygen atoms in total. The van der Waals surface area contributed by atoms with Crippen molar-refractivity contribution in [2.75, 3.05) is 16.8 Å². The normalized spacial score (nSPS) is 20.5. The minimum Gasteiger partial charge on any atom is -0.341 e. The van der Waals surface area contributed by atoms with Crippen molar-refractivity contribution < 1.29 is 18.0 Å². The summed E-state index contributed by atoms with van der Waals surface area (Å²) in [7, 11) is -3.99. The number of amides is 1. The van der Waals surface area contributed by atoms with Gasteiger partial charge in [-0.1, -0.05) is 26.0 Å². The second-order valence-electron chi connectivity index (χ2n) is 7.18. The molecule has 2 aliphatic heterocycles. The molecule has 0 saturated carbocycles. The van der Waals surface area contributed by atoms with E-state index in [1.165, 1.54) is 17.4 Å². The first kappa shape index (κ1) is 18.8. The standard InChI is InChI=1S/C19H19N3O4S2/c1-11(2)7-9-22-13-8-10-27-17(13)16(23)15(19(22)24)18-20-12-5-3-4-6-14(12)28(25,26)21-18/h3-6,8,10-11,15H,7,9H2,1-2H3,(H,20,21). The van der Waals surface area contributed by atoms with Crippen molar-refractivity contribution in [2.24, 2.45) is 16.2 Å². The van der Waals surface area contributed by atoms with Crippen LogP contribution >= 0.6 is 11.3 Å². The van der Waals surface area contributed by atoms with Crippen LogP contribution in [0.2, 0.25) is 0 Å². The molecule has 2 aliphatic rings. The smallest absolute Gasteiger partial charge is 0.286 e. The number of amidine groups is 1. The number of thiophene rings is 1. The lowest BCUT2D eigenvalue weighted by atomic mass is 9.93. The van der Waals surface area contributed by atoms with Crippen molar-refractivity contribution in [1.29, 1.82) is 0 Å². The van der Waals surface area contributed by atoms with Gasteiger partial charge in [-0.3, -0.25) is 9.59 Å². The summed E-state index contributed by atoms with van der Waals surface area (Å²) in [5.41, 5.74) is 0.912. The Morgan fingerprint density at radius 3 is 2.71 bits per heavy atom. The molecule has 4 rings (SSSR count). The predicted molar refractivity (Wildman–Crippen MR) is 109 cm³/mol. The molecule has 1 N–H and O–H groups in total. The Balaban J connectivity index is 1.77. The zero-order chi connectivity index (χ0) is 20.1. The molecule has 1 aromatic carbocycles. The highest BCUT2D eigenvalue weighted by Gasteiger charge is 2.45. The topological polar surface area (TPSA) is 95.9 Å². The number of sulfonamides is 1. The minimum absolute atomic E-state index is 0.0305. The summed E-state index contributed by atoms with van der Waals surface area (Å²) in [5.74, 6) is -1.92. The van der Waals surface area contributed by atoms with Crippen LogP contribution in [0.4, 0.5) is 11.4 Å². The van der Waals surface area contributed by atoms with Crippen LogP contribution < -0.4 is 10.2 Å². The first-order valence-corrected chi connectivity index (χ1v) is 11.3. The van der Waals surface area contributed by atoms with Gasteiger partial charge in [-0.25, -0.2) is 0 Å². The second-order valence-corrected chi connectivity index (χ2v) is 9.67. The average Bonchev–Trinajstić information content (AvgIpc) is 3.11. The van der Waals surface area contributed by atoms with Crippen LogP contribution in [0, 0.1) is 11.8 Å². The summed E-state index contributed by atoms with van der Waals surface area (Å²) in [5, 5.41) is 4.67. The van der Waals surface area contributed by atoms with E-state index in [9.17, 15) is 18.0 Å². The van der Waals surface area contributed by atoms with Crippen LogP contribution in [0.5, 0.6) is 0 Å². The number of para-hydroxylation sites is 1. The number of hydrogen-bond acceptors (Lipinski definition) is 6. The average molecular weight is 418 g/mol. The van der Waals surface area contributed by atoms with Gasteiger partial charge >= 0.3 is 0 Å². The van der Waals surface area contributed by atoms with Gasteiger partial charge in [0.15, 0.2) is 11.7 Å². The molecule has 1 aromatic heterocycles. The Labute approximate surface area is 167 Å². The van der Waals surface area contributed by atoms with Gasteiger partial charge in [0.2, 0.25) is 5.91 Å². The molecule has 0 fully saturated rings. The summed E-state index contributed by atoms with van der Waals surface area (Å²) in [6.07, 6.45) is 0.767. The van der Waals surface area contributed by atoms with Crippen molar-refractivity contribution in [3.63, 3.8) is 0 Å². The number of nitrogens with zero attached hydrogens (tertiary/aromatic N) is 2. The Hall–Kier alpha value is -2.52. The Kier molecular flexibility index (Phi) is 4.59. The molecular formula is C19H19N3O4S2. The van der Waals surface area contributed by atoms with Crippen molar-refractivity contribution in [3.05, 3.63) is 40.6 Å². The Morgan fingerprint density at radius 2 is 1.96 bits per heavy atom. The van der Waals surface area contributed by atoms with E-state index in [0.29, 0.717) is 28.7 Å². The molecule has 0 spiro atoms. The van der Waals surface area contributed by atoms with Gasteiger partial charge < -0.3 is 10.2 Å². The van der Waals surface area contributed by atoms with E-state index in [4.69, 9.17) is 0 Å². The molecule has 146 valence electrons. The maximum atomic E-state index is 13.2. The number of benzene rings is 1. The lowest BCUT2D eigenvalue weighted by Crippen LogP contribution is -2.50. The third-order valence-corrected chi connectivity index (χ3v) is 7.05. The Morgan fingerprint density at radius 1 is 1.21 bits per heavy atom. The van der Waals surface area contributed by atoms with Gasteiger partial charge in [-0.05, 0) is 35.9 Å². The van der Waals surface area contributed by atoms with Crippen molar-refractivity contribution in [3.8, 4) is 0 Å². The highest BCUT2D eigenvalue weighted by atomic mass is 32.2. The summed E-state index contributed by atoms with van der Waals surface area (Å²) in [6, 6.07) is 8.07. The summed E-state index contributed by atoms with van der Waals surface area (Å²) >= 11 is 1.25. The van der Waals surface area contributed by atoms with E-state index in [0.717, 1.165) is 6.42 Å². The number of Topliss-reactive ketones (excluding diaryl/α,β-unsaturated/α-hetero) is 1. The van der Waals surface area contributed by atoms with E-state index in [1.807, 2.05) is 0 Å². The van der Waals surface area contributed by atoms with Gasteiger partial charge in [0, 0.05) is 6.54 Å². The van der Waals surface area contributed by atoms with E-state index in [-0.39, 0.29) is 10.7 Å². The van der Waals surface area contributed by atoms with Gasteiger partial charge in [0.25, 0.3) is 10.0 Å². The van der Waals surface area contributed by atoms with Crippen molar-refractivity contribution in [1.82, 2.24) is 0 Å². The third-order valence-electron chi connectivity index (χ3n) is 4.78. The number of carbonyl (C=O) groups excluding carboxylic acids is 2. The number of carbonyl (C=O) groups is 2. The van der Waals surface area contributed by atoms with Gasteiger partial charge in [0.05, 0.1) is 16.3 Å². The molecule has 0 aliphatic carbocycles. The largest absolute Gasteiger partial charge is 0.341 e. The number of rotatable bonds is 4. The zero-order valence-electron chi connectivity index (χ0n) is 15.4. The summed E-state index contributed by atoms with van der Waals surface area (Å²) in [6.45, 7) is 4.57. The number of anilines is 2. The predicted octanol–water partition coefficient (Wildman–Crippen LogP) is 3.15. The van der Waals surface area contributed by atoms with E-state index in [1.54, 1.807) is 34.5 Å². The van der Waals surface area contributed by atoms with Crippen LogP contribution in [0.1, 0.15) is 29.9 Å². The molecule has 0 radical (unpaired) electrons. The SMILES string of the molecule is CC(C)CCN1C(=O)C(C2=NS(=O)(=O)c3ccccc3N2)C(=O)c2sccc21. The highest BCUT2D eigenvalue weighted by Crippen LogP contribution is 2.37. The van der Waals surface area contributed by atoms with Crippen molar-refractivity contribution >= 4 is 50.3 Å². The van der Waals surface area contributed by atoms with Crippen LogP contribution in [0.3, 0.4) is 0 Å². The molecule has 1 atom stereocenters. The molecule has 0 saturated heterocycles. The van der Waals surface area contributed by atoms with Crippen LogP contribution in [0.25, 0.3) is 0 Å². The number of ketones is 1. The van der Waals surface area contributed by atoms with Crippen LogP contribution in [-0.2, 0) is 14.8 Å². The lowest BCUT2D eigenvalue weighted by molar-refractivity contribution is -0.119. The Bertz CT molecular complexity index is 1100. The number of nitrogens with one attached hydrogen (secondary N) is 1. The lowest BCUT2D eigenvalue weighted by Gasteiger charge is -2.33. The zero-order valence-corrected chi connectivity index (χ0v) is 17.0. The van der Waals surface area contributed by atoms with E-state index >= 15 is 0 Å². The molecule has 3 heterocycles. The molecule has 2 aromatic rings. The summed E-state index contributed by atoms with van der Waals surface area (Å²) in [4.78, 5) is 28.3. The summed E-state index contributed by atoms with van der Waals surface area (Å²) < 4.78 is 28.9. The third kappa shape index (κ3) is 3.04. The van der Waals surface area contributed by atoms with Gasteiger partial charge in [-0.15, -0.1) is 15.7 Å². The van der Waals surface area contributed by atoms with Crippen LogP contribution in [-0.4, -0.2) is 32.5 Å². The molecule has 28 heavy (non-hydrogen) atoms. The second kappa shape index (κ2) is 6.82. The monoisotopic (exact) mass is 417 g/mol. The molecule has 9 heteroatoms.